The molecule has 0 aliphatic carbocycles. The highest BCUT2D eigenvalue weighted by Crippen LogP contribution is 2.25. The minimum atomic E-state index is -0.353. The van der Waals surface area contributed by atoms with Crippen molar-refractivity contribution in [3.8, 4) is 11.4 Å². The van der Waals surface area contributed by atoms with Gasteiger partial charge in [0.1, 0.15) is 11.6 Å². The van der Waals surface area contributed by atoms with Crippen LogP contribution in [0, 0.1) is 11.7 Å². The molecule has 1 aromatic carbocycles. The van der Waals surface area contributed by atoms with E-state index in [0.717, 1.165) is 18.9 Å². The highest BCUT2D eigenvalue weighted by Gasteiger charge is 2.27. The number of hydrogen-bond donors (Lipinski definition) is 1. The van der Waals surface area contributed by atoms with Crippen LogP contribution in [-0.4, -0.2) is 44.6 Å². The lowest BCUT2D eigenvalue weighted by molar-refractivity contribution is 0.200. The Morgan fingerprint density at radius 2 is 1.95 bits per heavy atom. The number of aliphatic hydroxyl groups excluding tert-OH is 1. The molecule has 0 spiro atoms. The molecule has 6 nitrogen and oxygen atoms in total. The average molecular weight is 299 g/mol. The van der Waals surface area contributed by atoms with Gasteiger partial charge in [0.2, 0.25) is 0 Å². The number of anilines is 1. The van der Waals surface area contributed by atoms with Gasteiger partial charge in [0.05, 0.1) is 5.56 Å². The van der Waals surface area contributed by atoms with Gasteiger partial charge in [-0.25, -0.2) is 4.39 Å². The van der Waals surface area contributed by atoms with Crippen molar-refractivity contribution in [3.63, 3.8) is 0 Å². The summed E-state index contributed by atoms with van der Waals surface area (Å²) in [5.41, 5.74) is 0.942. The van der Waals surface area contributed by atoms with E-state index in [1.54, 1.807) is 22.7 Å². The fourth-order valence-electron chi connectivity index (χ4n) is 2.63. The largest absolute Gasteiger partial charge is 0.396 e. The Balaban J connectivity index is 1.76. The van der Waals surface area contributed by atoms with Crippen molar-refractivity contribution in [1.29, 1.82) is 0 Å². The molecule has 2 aromatic heterocycles. The number of hydrogen-bond acceptors (Lipinski definition) is 5. The summed E-state index contributed by atoms with van der Waals surface area (Å²) in [5, 5.41) is 21.7. The van der Waals surface area contributed by atoms with Crippen molar-refractivity contribution in [2.75, 3.05) is 24.6 Å². The van der Waals surface area contributed by atoms with Crippen molar-refractivity contribution >= 4 is 11.5 Å². The van der Waals surface area contributed by atoms with Gasteiger partial charge >= 0.3 is 0 Å². The van der Waals surface area contributed by atoms with Crippen LogP contribution in [0.4, 0.5) is 10.2 Å². The first kappa shape index (κ1) is 13.1. The topological polar surface area (TPSA) is 66.5 Å². The second-order valence-electron chi connectivity index (χ2n) is 5.42. The van der Waals surface area contributed by atoms with E-state index in [1.165, 1.54) is 6.07 Å². The zero-order valence-corrected chi connectivity index (χ0v) is 11.7. The second kappa shape index (κ2) is 5.03. The van der Waals surface area contributed by atoms with Crippen molar-refractivity contribution in [2.24, 2.45) is 5.92 Å². The fraction of sp³-hybridized carbons (Fsp3) is 0.267. The van der Waals surface area contributed by atoms with E-state index in [4.69, 9.17) is 5.11 Å². The molecule has 0 atom stereocenters. The van der Waals surface area contributed by atoms with Crippen molar-refractivity contribution < 1.29 is 9.50 Å². The Morgan fingerprint density at radius 1 is 1.14 bits per heavy atom. The van der Waals surface area contributed by atoms with E-state index in [-0.39, 0.29) is 12.4 Å². The van der Waals surface area contributed by atoms with Gasteiger partial charge in [0.25, 0.3) is 0 Å². The first-order chi connectivity index (χ1) is 10.8. The quantitative estimate of drug-likeness (QED) is 0.791. The van der Waals surface area contributed by atoms with Gasteiger partial charge in [0.15, 0.2) is 11.5 Å². The molecule has 1 saturated heterocycles. The molecule has 0 bridgehead atoms. The second-order valence-corrected chi connectivity index (χ2v) is 5.42. The van der Waals surface area contributed by atoms with Gasteiger partial charge in [-0.05, 0) is 24.3 Å². The zero-order valence-electron chi connectivity index (χ0n) is 11.7. The summed E-state index contributed by atoms with van der Waals surface area (Å²) in [4.78, 5) is 2.06. The van der Waals surface area contributed by atoms with E-state index < -0.39 is 0 Å². The van der Waals surface area contributed by atoms with Crippen molar-refractivity contribution in [1.82, 2.24) is 19.8 Å². The summed E-state index contributed by atoms with van der Waals surface area (Å²) in [7, 11) is 0. The normalized spacial score (nSPS) is 15.3. The smallest absolute Gasteiger partial charge is 0.188 e. The highest BCUT2D eigenvalue weighted by atomic mass is 19.1. The summed E-state index contributed by atoms with van der Waals surface area (Å²) in [5.74, 6) is 1.10. The SMILES string of the molecule is OCC1CN(c2ccc3nnc(-c4ccccc4F)n3n2)C1. The summed E-state index contributed by atoms with van der Waals surface area (Å²) in [6, 6.07) is 10.1. The molecule has 112 valence electrons. The first-order valence-corrected chi connectivity index (χ1v) is 7.09. The number of benzene rings is 1. The molecule has 3 aromatic rings. The molecule has 7 heteroatoms. The lowest BCUT2D eigenvalue weighted by atomic mass is 10.0. The molecule has 0 unspecified atom stereocenters. The van der Waals surface area contributed by atoms with Gasteiger partial charge < -0.3 is 10.0 Å². The highest BCUT2D eigenvalue weighted by molar-refractivity contribution is 5.60. The lowest BCUT2D eigenvalue weighted by Crippen LogP contribution is -2.48. The van der Waals surface area contributed by atoms with Crippen LogP contribution in [-0.2, 0) is 0 Å². The van der Waals surface area contributed by atoms with Crippen LogP contribution in [0.3, 0.4) is 0 Å². The lowest BCUT2D eigenvalue weighted by Gasteiger charge is -2.38. The Hall–Kier alpha value is -2.54. The van der Waals surface area contributed by atoms with E-state index in [0.29, 0.717) is 23.0 Å². The third kappa shape index (κ3) is 2.01. The van der Waals surface area contributed by atoms with Crippen LogP contribution in [0.1, 0.15) is 0 Å². The Bertz CT molecular complexity index is 828. The molecule has 4 rings (SSSR count). The zero-order chi connectivity index (χ0) is 15.1. The molecule has 1 N–H and O–H groups in total. The molecule has 0 amide bonds. The monoisotopic (exact) mass is 299 g/mol. The first-order valence-electron chi connectivity index (χ1n) is 7.09. The van der Waals surface area contributed by atoms with E-state index in [1.807, 2.05) is 12.1 Å². The Labute approximate surface area is 125 Å². The van der Waals surface area contributed by atoms with E-state index in [9.17, 15) is 4.39 Å². The number of rotatable bonds is 3. The van der Waals surface area contributed by atoms with Gasteiger partial charge in [0, 0.05) is 25.6 Å². The Morgan fingerprint density at radius 3 is 2.73 bits per heavy atom. The van der Waals surface area contributed by atoms with Crippen molar-refractivity contribution in [2.45, 2.75) is 0 Å². The summed E-state index contributed by atoms with van der Waals surface area (Å²) in [6.45, 7) is 1.73. The van der Waals surface area contributed by atoms with Crippen molar-refractivity contribution in [3.05, 3.63) is 42.2 Å². The molecule has 22 heavy (non-hydrogen) atoms. The number of halogens is 1. The van der Waals surface area contributed by atoms with Crippen LogP contribution in [0.15, 0.2) is 36.4 Å². The predicted octanol–water partition coefficient (Wildman–Crippen LogP) is 1.36. The van der Waals surface area contributed by atoms with Crippen LogP contribution < -0.4 is 4.90 Å². The van der Waals surface area contributed by atoms with Crippen LogP contribution in [0.25, 0.3) is 17.0 Å². The number of fused-ring (bicyclic) bond motifs is 1. The summed E-state index contributed by atoms with van der Waals surface area (Å²) < 4.78 is 15.5. The fourth-order valence-corrected chi connectivity index (χ4v) is 2.63. The number of nitrogens with zero attached hydrogens (tertiary/aromatic N) is 5. The van der Waals surface area contributed by atoms with E-state index >= 15 is 0 Å². The number of aromatic nitrogens is 4. The maximum absolute atomic E-state index is 14.0. The maximum atomic E-state index is 14.0. The third-order valence-electron chi connectivity index (χ3n) is 3.90. The van der Waals surface area contributed by atoms with Gasteiger partial charge in [-0.3, -0.25) is 0 Å². The molecule has 1 aliphatic heterocycles. The summed E-state index contributed by atoms with van der Waals surface area (Å²) >= 11 is 0. The van der Waals surface area contributed by atoms with Gasteiger partial charge in [-0.2, -0.15) is 4.52 Å². The molecule has 0 radical (unpaired) electrons. The standard InChI is InChI=1S/C15H14FN5O/c16-12-4-2-1-3-11(12)15-18-17-13-5-6-14(19-21(13)15)20-7-10(8-20)9-22/h1-6,10,22H,7-9H2. The number of aliphatic hydroxyl groups is 1. The van der Waals surface area contributed by atoms with Gasteiger partial charge in [-0.1, -0.05) is 12.1 Å². The summed E-state index contributed by atoms with van der Waals surface area (Å²) in [6.07, 6.45) is 0. The molecular weight excluding hydrogens is 285 g/mol. The minimum absolute atomic E-state index is 0.186. The predicted molar refractivity (Wildman–Crippen MR) is 79.0 cm³/mol. The third-order valence-corrected chi connectivity index (χ3v) is 3.90. The Kier molecular flexibility index (Phi) is 3.00. The average Bonchev–Trinajstić information content (AvgIpc) is 2.90. The van der Waals surface area contributed by atoms with Gasteiger partial charge in [-0.15, -0.1) is 15.3 Å². The van der Waals surface area contributed by atoms with Crippen LogP contribution in [0.2, 0.25) is 0 Å². The maximum Gasteiger partial charge on any atom is 0.188 e. The molecular formula is C15H14FN5O. The molecule has 3 heterocycles. The van der Waals surface area contributed by atoms with E-state index in [2.05, 4.69) is 20.2 Å². The van der Waals surface area contributed by atoms with Crippen LogP contribution >= 0.6 is 0 Å². The minimum Gasteiger partial charge on any atom is -0.396 e. The molecule has 1 aliphatic rings. The molecule has 1 fully saturated rings. The van der Waals surface area contributed by atoms with Crippen LogP contribution in [0.5, 0.6) is 0 Å². The molecule has 0 saturated carbocycles.